The van der Waals surface area contributed by atoms with Crippen molar-refractivity contribution in [3.63, 3.8) is 0 Å². The number of carbonyl (C=O) groups excluding carboxylic acids is 1. The van der Waals surface area contributed by atoms with Crippen LogP contribution in [0, 0.1) is 10.1 Å². The predicted molar refractivity (Wildman–Crippen MR) is 75.0 cm³/mol. The number of ether oxygens (including phenoxy) is 1. The summed E-state index contributed by atoms with van der Waals surface area (Å²) in [5.41, 5.74) is -0.959. The van der Waals surface area contributed by atoms with Gasteiger partial charge in [0.1, 0.15) is 0 Å². The van der Waals surface area contributed by atoms with Crippen LogP contribution in [-0.2, 0) is 4.79 Å². The van der Waals surface area contributed by atoms with Crippen molar-refractivity contribution in [2.24, 2.45) is 0 Å². The number of para-hydroxylation sites is 2. The fraction of sp³-hybridized carbons (Fsp3) is 0.500. The molecule has 0 atom stereocenters. The van der Waals surface area contributed by atoms with Gasteiger partial charge in [0.15, 0.2) is 12.4 Å². The Morgan fingerprint density at radius 3 is 2.76 bits per heavy atom. The third-order valence-corrected chi connectivity index (χ3v) is 3.45. The topological polar surface area (TPSA) is 92.9 Å². The van der Waals surface area contributed by atoms with E-state index in [2.05, 4.69) is 0 Å². The fourth-order valence-corrected chi connectivity index (χ4v) is 2.42. The van der Waals surface area contributed by atoms with Crippen molar-refractivity contribution in [2.75, 3.05) is 19.7 Å². The molecule has 0 aliphatic carbocycles. The van der Waals surface area contributed by atoms with Gasteiger partial charge in [0.05, 0.1) is 23.6 Å². The molecule has 1 aliphatic heterocycles. The molecule has 0 unspecified atom stereocenters. The summed E-state index contributed by atoms with van der Waals surface area (Å²) < 4.78 is 5.23. The van der Waals surface area contributed by atoms with Gasteiger partial charge in [-0.2, -0.15) is 0 Å². The van der Waals surface area contributed by atoms with Crippen LogP contribution < -0.4 is 4.74 Å². The largest absolute Gasteiger partial charge is 0.477 e. The van der Waals surface area contributed by atoms with Crippen molar-refractivity contribution in [1.29, 1.82) is 0 Å². The number of rotatable bonds is 6. The number of likely N-dealkylation sites (tertiary alicyclic amines) is 1. The van der Waals surface area contributed by atoms with Gasteiger partial charge in [-0.15, -0.1) is 0 Å². The molecule has 1 N–H and O–H groups in total. The summed E-state index contributed by atoms with van der Waals surface area (Å²) in [6.07, 6.45) is 1.51. The summed E-state index contributed by atoms with van der Waals surface area (Å²) in [5, 5.41) is 20.8. The molecular formula is C14H18N2O5. The zero-order chi connectivity index (χ0) is 15.5. The summed E-state index contributed by atoms with van der Waals surface area (Å²) in [6, 6.07) is 5.92. The van der Waals surface area contributed by atoms with Gasteiger partial charge in [-0.1, -0.05) is 25.5 Å². The second-order valence-electron chi connectivity index (χ2n) is 5.24. The number of amides is 1. The van der Waals surface area contributed by atoms with Crippen molar-refractivity contribution in [3.05, 3.63) is 34.4 Å². The Morgan fingerprint density at radius 2 is 2.14 bits per heavy atom. The van der Waals surface area contributed by atoms with Crippen LogP contribution in [-0.4, -0.2) is 46.1 Å². The quantitative estimate of drug-likeness (QED) is 0.631. The average molecular weight is 294 g/mol. The summed E-state index contributed by atoms with van der Waals surface area (Å²) in [6.45, 7) is 2.28. The standard InChI is InChI=1S/C14H18N2O5/c1-2-7-14(18)9-15(10-14)13(17)8-21-12-6-4-3-5-11(12)16(19)20/h3-6,18H,2,7-10H2,1H3. The normalized spacial score (nSPS) is 16.2. The summed E-state index contributed by atoms with van der Waals surface area (Å²) in [7, 11) is 0. The minimum Gasteiger partial charge on any atom is -0.477 e. The number of nitro groups is 1. The molecule has 0 radical (unpaired) electrons. The predicted octanol–water partition coefficient (Wildman–Crippen LogP) is 1.35. The molecule has 1 saturated heterocycles. The van der Waals surface area contributed by atoms with Crippen molar-refractivity contribution in [1.82, 2.24) is 4.90 Å². The van der Waals surface area contributed by atoms with Gasteiger partial charge in [0.25, 0.3) is 5.91 Å². The second kappa shape index (κ2) is 6.09. The number of carbonyl (C=O) groups is 1. The first-order chi connectivity index (χ1) is 9.95. The molecule has 0 bridgehead atoms. The van der Waals surface area contributed by atoms with Crippen molar-refractivity contribution in [2.45, 2.75) is 25.4 Å². The van der Waals surface area contributed by atoms with Gasteiger partial charge in [-0.3, -0.25) is 14.9 Å². The van der Waals surface area contributed by atoms with Crippen molar-refractivity contribution in [3.8, 4) is 5.75 Å². The van der Waals surface area contributed by atoms with Crippen LogP contribution in [0.15, 0.2) is 24.3 Å². The van der Waals surface area contributed by atoms with Crippen LogP contribution in [0.3, 0.4) is 0 Å². The van der Waals surface area contributed by atoms with E-state index in [9.17, 15) is 20.0 Å². The first-order valence-corrected chi connectivity index (χ1v) is 6.81. The second-order valence-corrected chi connectivity index (χ2v) is 5.24. The van der Waals surface area contributed by atoms with E-state index in [0.717, 1.165) is 6.42 Å². The molecule has 0 aromatic heterocycles. The Balaban J connectivity index is 1.87. The highest BCUT2D eigenvalue weighted by molar-refractivity contribution is 5.79. The zero-order valence-corrected chi connectivity index (χ0v) is 11.8. The molecule has 0 spiro atoms. The molecule has 7 nitrogen and oxygen atoms in total. The Labute approximate surface area is 122 Å². The van der Waals surface area contributed by atoms with E-state index in [0.29, 0.717) is 19.5 Å². The highest BCUT2D eigenvalue weighted by Gasteiger charge is 2.42. The van der Waals surface area contributed by atoms with Gasteiger partial charge in [-0.05, 0) is 12.5 Å². The van der Waals surface area contributed by atoms with E-state index in [1.54, 1.807) is 6.07 Å². The average Bonchev–Trinajstić information content (AvgIpc) is 2.42. The summed E-state index contributed by atoms with van der Waals surface area (Å²) >= 11 is 0. The Bertz CT molecular complexity index is 540. The van der Waals surface area contributed by atoms with Gasteiger partial charge < -0.3 is 14.7 Å². The van der Waals surface area contributed by atoms with E-state index in [1.807, 2.05) is 6.92 Å². The minimum atomic E-state index is -0.789. The number of hydrogen-bond donors (Lipinski definition) is 1. The molecule has 1 fully saturated rings. The van der Waals surface area contributed by atoms with Gasteiger partial charge in [0.2, 0.25) is 0 Å². The van der Waals surface area contributed by atoms with Crippen molar-refractivity contribution < 1.29 is 19.6 Å². The Hall–Kier alpha value is -2.15. The molecule has 7 heteroatoms. The smallest absolute Gasteiger partial charge is 0.310 e. The van der Waals surface area contributed by atoms with Crippen LogP contribution in [0.2, 0.25) is 0 Å². The molecular weight excluding hydrogens is 276 g/mol. The highest BCUT2D eigenvalue weighted by Crippen LogP contribution is 2.28. The fourth-order valence-electron chi connectivity index (χ4n) is 2.42. The minimum absolute atomic E-state index is 0.0696. The monoisotopic (exact) mass is 294 g/mol. The molecule has 1 amide bonds. The number of β-amino-alcohol motifs (C(OH)–C–C–N with tert-alkyl or cyclic N) is 1. The maximum Gasteiger partial charge on any atom is 0.310 e. The van der Waals surface area contributed by atoms with E-state index in [4.69, 9.17) is 4.74 Å². The van der Waals surface area contributed by atoms with Crippen molar-refractivity contribution >= 4 is 11.6 Å². The van der Waals surface area contributed by atoms with E-state index >= 15 is 0 Å². The van der Waals surface area contributed by atoms with E-state index in [-0.39, 0.29) is 24.0 Å². The molecule has 1 aromatic carbocycles. The third kappa shape index (κ3) is 3.49. The first kappa shape index (κ1) is 15.2. The lowest BCUT2D eigenvalue weighted by molar-refractivity contribution is -0.385. The molecule has 2 rings (SSSR count). The lowest BCUT2D eigenvalue weighted by Gasteiger charge is -2.46. The maximum atomic E-state index is 11.9. The summed E-state index contributed by atoms with van der Waals surface area (Å²) in [5.74, 6) is -0.214. The molecule has 1 aliphatic rings. The number of hydrogen-bond acceptors (Lipinski definition) is 5. The molecule has 0 saturated carbocycles. The lowest BCUT2D eigenvalue weighted by atomic mass is 9.89. The maximum absolute atomic E-state index is 11.9. The number of nitrogens with zero attached hydrogens (tertiary/aromatic N) is 2. The van der Waals surface area contributed by atoms with E-state index < -0.39 is 10.5 Å². The number of aliphatic hydroxyl groups is 1. The number of nitro benzene ring substituents is 1. The summed E-state index contributed by atoms with van der Waals surface area (Å²) in [4.78, 5) is 23.7. The lowest BCUT2D eigenvalue weighted by Crippen LogP contribution is -2.64. The zero-order valence-electron chi connectivity index (χ0n) is 11.8. The molecule has 21 heavy (non-hydrogen) atoms. The highest BCUT2D eigenvalue weighted by atomic mass is 16.6. The van der Waals surface area contributed by atoms with Crippen LogP contribution >= 0.6 is 0 Å². The van der Waals surface area contributed by atoms with Gasteiger partial charge >= 0.3 is 5.69 Å². The van der Waals surface area contributed by atoms with Gasteiger partial charge in [0, 0.05) is 6.07 Å². The van der Waals surface area contributed by atoms with Crippen LogP contribution in [0.5, 0.6) is 5.75 Å². The third-order valence-electron chi connectivity index (χ3n) is 3.45. The Morgan fingerprint density at radius 1 is 1.48 bits per heavy atom. The molecule has 114 valence electrons. The van der Waals surface area contributed by atoms with E-state index in [1.165, 1.54) is 23.1 Å². The van der Waals surface area contributed by atoms with Gasteiger partial charge in [-0.25, -0.2) is 0 Å². The SMILES string of the molecule is CCCC1(O)CN(C(=O)COc2ccccc2[N+](=O)[O-])C1. The molecule has 1 aromatic rings. The Kier molecular flexibility index (Phi) is 4.42. The first-order valence-electron chi connectivity index (χ1n) is 6.81. The molecule has 1 heterocycles. The van der Waals surface area contributed by atoms with Crippen LogP contribution in [0.1, 0.15) is 19.8 Å². The van der Waals surface area contributed by atoms with Crippen LogP contribution in [0.4, 0.5) is 5.69 Å². The number of benzene rings is 1. The van der Waals surface area contributed by atoms with Crippen LogP contribution in [0.25, 0.3) is 0 Å².